The van der Waals surface area contributed by atoms with Gasteiger partial charge in [-0.1, -0.05) is 127 Å². The van der Waals surface area contributed by atoms with Crippen LogP contribution in [0.25, 0.3) is 99.2 Å². The number of para-hydroxylation sites is 4. The molecule has 0 N–H and O–H groups in total. The molecule has 0 saturated heterocycles. The lowest BCUT2D eigenvalue weighted by atomic mass is 9.98. The second-order valence-corrected chi connectivity index (χ2v) is 13.3. The van der Waals surface area contributed by atoms with Gasteiger partial charge in [-0.15, -0.1) is 0 Å². The van der Waals surface area contributed by atoms with Crippen molar-refractivity contribution in [2.45, 2.75) is 0 Å². The molecule has 0 aliphatic carbocycles. The molecule has 11 rings (SSSR count). The van der Waals surface area contributed by atoms with Gasteiger partial charge in [0, 0.05) is 38.0 Å². The van der Waals surface area contributed by atoms with Crippen molar-refractivity contribution in [3.63, 3.8) is 0 Å². The van der Waals surface area contributed by atoms with Gasteiger partial charge in [-0.05, 0) is 76.9 Å². The predicted octanol–water partition coefficient (Wildman–Crippen LogP) is 13.1. The fraction of sp³-hybridized carbons (Fsp3) is 0. The van der Waals surface area contributed by atoms with Gasteiger partial charge in [0.15, 0.2) is 5.58 Å². The minimum absolute atomic E-state index is 0.882. The fourth-order valence-corrected chi connectivity index (χ4v) is 8.21. The molecule has 3 nitrogen and oxygen atoms in total. The Bertz CT molecular complexity index is 3090. The van der Waals surface area contributed by atoms with E-state index in [-0.39, 0.29) is 0 Å². The Labute approximate surface area is 293 Å². The number of furan rings is 1. The van der Waals surface area contributed by atoms with Crippen LogP contribution < -0.4 is 0 Å². The minimum atomic E-state index is 0.882. The number of nitrogens with zero attached hydrogens (tertiary/aromatic N) is 2. The molecule has 3 heterocycles. The lowest BCUT2D eigenvalue weighted by Crippen LogP contribution is -1.97. The number of hydrogen-bond acceptors (Lipinski definition) is 1. The molecule has 0 bridgehead atoms. The second-order valence-electron chi connectivity index (χ2n) is 13.3. The molecule has 0 saturated carbocycles. The van der Waals surface area contributed by atoms with Gasteiger partial charge >= 0.3 is 0 Å². The third-order valence-corrected chi connectivity index (χ3v) is 10.5. The van der Waals surface area contributed by atoms with E-state index in [1.165, 1.54) is 54.8 Å². The highest BCUT2D eigenvalue weighted by atomic mass is 16.3. The van der Waals surface area contributed by atoms with Crippen LogP contribution in [-0.4, -0.2) is 9.13 Å². The Morgan fingerprint density at radius 3 is 1.59 bits per heavy atom. The molecule has 11 aromatic rings. The molecule has 238 valence electrons. The van der Waals surface area contributed by atoms with Crippen LogP contribution in [0.3, 0.4) is 0 Å². The van der Waals surface area contributed by atoms with E-state index in [1.54, 1.807) is 0 Å². The van der Waals surface area contributed by atoms with Crippen molar-refractivity contribution < 1.29 is 4.42 Å². The highest BCUT2D eigenvalue weighted by molar-refractivity contribution is 6.14. The zero-order valence-electron chi connectivity index (χ0n) is 27.6. The average Bonchev–Trinajstić information content (AvgIpc) is 3.85. The van der Waals surface area contributed by atoms with E-state index in [0.717, 1.165) is 44.3 Å². The van der Waals surface area contributed by atoms with Crippen molar-refractivity contribution in [2.24, 2.45) is 0 Å². The standard InChI is InChI=1S/C48H30N2O/c1-2-12-31(13-3-1)32-14-10-15-33(28-32)34-24-27-47-41(29-34)40-19-11-23-45(48(40)51-47)50-44-22-9-6-18-38(44)39-26-25-35(30-46(39)50)49-42-20-7-4-16-36(42)37-17-5-8-21-43(37)49/h1-30H. The Balaban J connectivity index is 1.13. The maximum atomic E-state index is 6.78. The fourth-order valence-electron chi connectivity index (χ4n) is 8.21. The summed E-state index contributed by atoms with van der Waals surface area (Å²) in [6, 6.07) is 65.4. The summed E-state index contributed by atoms with van der Waals surface area (Å²) in [5.41, 5.74) is 13.4. The van der Waals surface area contributed by atoms with Gasteiger partial charge in [0.1, 0.15) is 5.58 Å². The molecule has 0 amide bonds. The Hall–Kier alpha value is -6.84. The lowest BCUT2D eigenvalue weighted by Gasteiger charge is -2.11. The van der Waals surface area contributed by atoms with Crippen molar-refractivity contribution >= 4 is 65.6 Å². The van der Waals surface area contributed by atoms with E-state index < -0.39 is 0 Å². The van der Waals surface area contributed by atoms with Gasteiger partial charge in [0.25, 0.3) is 0 Å². The topological polar surface area (TPSA) is 23.0 Å². The molecule has 0 atom stereocenters. The van der Waals surface area contributed by atoms with E-state index in [4.69, 9.17) is 4.42 Å². The van der Waals surface area contributed by atoms with Gasteiger partial charge in [0.05, 0.1) is 27.8 Å². The molecule has 0 unspecified atom stereocenters. The van der Waals surface area contributed by atoms with Crippen molar-refractivity contribution in [1.82, 2.24) is 9.13 Å². The molecule has 3 heteroatoms. The van der Waals surface area contributed by atoms with E-state index in [9.17, 15) is 0 Å². The molecule has 8 aromatic carbocycles. The zero-order chi connectivity index (χ0) is 33.5. The molecule has 0 fully saturated rings. The summed E-state index contributed by atoms with van der Waals surface area (Å²) < 4.78 is 11.6. The lowest BCUT2D eigenvalue weighted by molar-refractivity contribution is 0.666. The first-order valence-electron chi connectivity index (χ1n) is 17.4. The van der Waals surface area contributed by atoms with Gasteiger partial charge < -0.3 is 13.6 Å². The van der Waals surface area contributed by atoms with Crippen molar-refractivity contribution in [1.29, 1.82) is 0 Å². The summed E-state index contributed by atoms with van der Waals surface area (Å²) >= 11 is 0. The van der Waals surface area contributed by atoms with Crippen LogP contribution in [0.5, 0.6) is 0 Å². The quantitative estimate of drug-likeness (QED) is 0.186. The number of rotatable bonds is 4. The van der Waals surface area contributed by atoms with Crippen molar-refractivity contribution in [3.05, 3.63) is 182 Å². The van der Waals surface area contributed by atoms with E-state index in [2.05, 4.69) is 191 Å². The number of fused-ring (bicyclic) bond motifs is 9. The van der Waals surface area contributed by atoms with E-state index in [0.29, 0.717) is 0 Å². The first-order valence-corrected chi connectivity index (χ1v) is 17.4. The van der Waals surface area contributed by atoms with Crippen LogP contribution >= 0.6 is 0 Å². The van der Waals surface area contributed by atoms with Crippen LogP contribution in [0, 0.1) is 0 Å². The summed E-state index contributed by atoms with van der Waals surface area (Å²) in [5.74, 6) is 0. The van der Waals surface area contributed by atoms with Crippen LogP contribution in [0.15, 0.2) is 186 Å². The summed E-state index contributed by atoms with van der Waals surface area (Å²) in [6.07, 6.45) is 0. The normalized spacial score (nSPS) is 11.9. The molecular weight excluding hydrogens is 621 g/mol. The molecule has 3 aromatic heterocycles. The summed E-state index contributed by atoms with van der Waals surface area (Å²) in [6.45, 7) is 0. The largest absolute Gasteiger partial charge is 0.454 e. The van der Waals surface area contributed by atoms with Gasteiger partial charge in [-0.25, -0.2) is 0 Å². The summed E-state index contributed by atoms with van der Waals surface area (Å²) in [4.78, 5) is 0. The second kappa shape index (κ2) is 10.8. The molecule has 0 aliphatic heterocycles. The number of benzene rings is 8. The average molecular weight is 651 g/mol. The van der Waals surface area contributed by atoms with Gasteiger partial charge in [0.2, 0.25) is 0 Å². The third kappa shape index (κ3) is 4.19. The first kappa shape index (κ1) is 28.0. The van der Waals surface area contributed by atoms with Crippen molar-refractivity contribution in [3.8, 4) is 33.6 Å². The highest BCUT2D eigenvalue weighted by Gasteiger charge is 2.20. The maximum absolute atomic E-state index is 6.78. The monoisotopic (exact) mass is 650 g/mol. The summed E-state index contributed by atoms with van der Waals surface area (Å²) in [7, 11) is 0. The zero-order valence-corrected chi connectivity index (χ0v) is 27.6. The molecule has 0 spiro atoms. The van der Waals surface area contributed by atoms with Crippen LogP contribution in [0.1, 0.15) is 0 Å². The minimum Gasteiger partial charge on any atom is -0.454 e. The highest BCUT2D eigenvalue weighted by Crippen LogP contribution is 2.41. The van der Waals surface area contributed by atoms with E-state index >= 15 is 0 Å². The molecule has 0 aliphatic rings. The SMILES string of the molecule is c1ccc(-c2cccc(-c3ccc4oc5c(-n6c7ccccc7c7ccc(-n8c9ccccc9c9ccccc98)cc76)cccc5c4c3)c2)cc1. The molecule has 51 heavy (non-hydrogen) atoms. The maximum Gasteiger partial charge on any atom is 0.159 e. The number of aromatic nitrogens is 2. The third-order valence-electron chi connectivity index (χ3n) is 10.5. The van der Waals surface area contributed by atoms with Crippen LogP contribution in [0.2, 0.25) is 0 Å². The van der Waals surface area contributed by atoms with Crippen molar-refractivity contribution in [2.75, 3.05) is 0 Å². The summed E-state index contributed by atoms with van der Waals surface area (Å²) in [5, 5.41) is 7.16. The first-order chi connectivity index (χ1) is 25.3. The predicted molar refractivity (Wildman–Crippen MR) is 213 cm³/mol. The Morgan fingerprint density at radius 2 is 0.863 bits per heavy atom. The molecular formula is C48H30N2O. The van der Waals surface area contributed by atoms with Crippen LogP contribution in [-0.2, 0) is 0 Å². The Morgan fingerprint density at radius 1 is 0.314 bits per heavy atom. The van der Waals surface area contributed by atoms with Gasteiger partial charge in [-0.2, -0.15) is 0 Å². The Kier molecular flexibility index (Phi) is 5.96. The molecule has 0 radical (unpaired) electrons. The van der Waals surface area contributed by atoms with Crippen LogP contribution in [0.4, 0.5) is 0 Å². The van der Waals surface area contributed by atoms with Gasteiger partial charge in [-0.3, -0.25) is 0 Å². The number of hydrogen-bond donors (Lipinski definition) is 0. The smallest absolute Gasteiger partial charge is 0.159 e. The van der Waals surface area contributed by atoms with E-state index in [1.807, 2.05) is 0 Å².